The van der Waals surface area contributed by atoms with Gasteiger partial charge >= 0.3 is 0 Å². The largest absolute Gasteiger partial charge is 0.396 e. The van der Waals surface area contributed by atoms with E-state index < -0.39 is 0 Å². The summed E-state index contributed by atoms with van der Waals surface area (Å²) >= 11 is 0. The highest BCUT2D eigenvalue weighted by Crippen LogP contribution is 1.97. The van der Waals surface area contributed by atoms with Crippen LogP contribution in [-0.2, 0) is 11.3 Å². The lowest BCUT2D eigenvalue weighted by molar-refractivity contribution is 0.0871. The van der Waals surface area contributed by atoms with Gasteiger partial charge in [0, 0.05) is 26.3 Å². The fourth-order valence-electron chi connectivity index (χ4n) is 1.76. The maximum atomic E-state index is 12.0. The van der Waals surface area contributed by atoms with Crippen LogP contribution in [0, 0.1) is 0 Å². The molecule has 0 bridgehead atoms. The molecule has 1 amide bonds. The number of aliphatic hydroxyl groups excluding tert-OH is 1. The Morgan fingerprint density at radius 1 is 1.55 bits per heavy atom. The van der Waals surface area contributed by atoms with Crippen LogP contribution in [-0.4, -0.2) is 47.2 Å². The zero-order chi connectivity index (χ0) is 15.0. The van der Waals surface area contributed by atoms with Gasteiger partial charge in [0.15, 0.2) is 0 Å². The highest BCUT2D eigenvalue weighted by atomic mass is 16.5. The molecule has 0 aliphatic rings. The molecule has 2 N–H and O–H groups in total. The normalized spacial score (nSPS) is 12.2. The molecule has 1 aromatic rings. The van der Waals surface area contributed by atoms with Crippen molar-refractivity contribution in [1.82, 2.24) is 15.1 Å². The lowest BCUT2D eigenvalue weighted by Crippen LogP contribution is -2.40. The zero-order valence-electron chi connectivity index (χ0n) is 11.8. The minimum atomic E-state index is -0.384. The number of carbonyl (C=O) groups excluding carboxylic acids is 1. The number of carbonyl (C=O) groups is 1. The number of methoxy groups -OCH3 is 1. The number of rotatable bonds is 8. The fraction of sp³-hybridized carbons (Fsp3) is 0.615. The molecule has 1 atom stereocenters. The van der Waals surface area contributed by atoms with E-state index in [1.807, 2.05) is 6.92 Å². The number of aryl methyl sites for hydroxylation is 1. The Hall–Kier alpha value is -1.73. The van der Waals surface area contributed by atoms with Crippen molar-refractivity contribution in [1.29, 1.82) is 0 Å². The third-order valence-corrected chi connectivity index (χ3v) is 2.72. The number of nitrogens with one attached hydrogen (secondary N) is 1. The van der Waals surface area contributed by atoms with Gasteiger partial charge in [0.1, 0.15) is 5.69 Å². The molecule has 1 heterocycles. The van der Waals surface area contributed by atoms with Gasteiger partial charge in [0.2, 0.25) is 0 Å². The first-order valence-electron chi connectivity index (χ1n) is 6.61. The lowest BCUT2D eigenvalue weighted by Gasteiger charge is -2.16. The van der Waals surface area contributed by atoms with Crippen LogP contribution in [0.5, 0.6) is 0 Å². The van der Waals surface area contributed by atoms with Crippen LogP contribution >= 0.6 is 0 Å². The Labute approximate surface area is 117 Å². The summed E-state index contributed by atoms with van der Waals surface area (Å²) in [5, 5.41) is 15.7. The van der Waals surface area contributed by atoms with Gasteiger partial charge in [-0.1, -0.05) is 6.92 Å². The highest BCUT2D eigenvalue weighted by Gasteiger charge is 2.15. The number of aromatic nitrogens is 2. The van der Waals surface area contributed by atoms with Crippen LogP contribution in [0.25, 0.3) is 0 Å². The second-order valence-electron chi connectivity index (χ2n) is 4.42. The predicted molar refractivity (Wildman–Crippen MR) is 73.6 cm³/mol. The van der Waals surface area contributed by atoms with Crippen LogP contribution in [0.1, 0.15) is 30.3 Å². The molecule has 1 aromatic heterocycles. The number of ether oxygens (including phenoxy) is 1. The van der Waals surface area contributed by atoms with Gasteiger partial charge in [0.25, 0.3) is 11.5 Å². The number of nitrogens with zero attached hydrogens (tertiary/aromatic N) is 2. The third kappa shape index (κ3) is 4.75. The molecule has 0 aliphatic heterocycles. The van der Waals surface area contributed by atoms with Crippen LogP contribution < -0.4 is 10.9 Å². The van der Waals surface area contributed by atoms with Crippen LogP contribution in [0.2, 0.25) is 0 Å². The molecule has 0 radical (unpaired) electrons. The summed E-state index contributed by atoms with van der Waals surface area (Å²) in [5.74, 6) is -0.384. The average Bonchev–Trinajstić information content (AvgIpc) is 2.42. The molecule has 1 rings (SSSR count). The topological polar surface area (TPSA) is 93.5 Å². The van der Waals surface area contributed by atoms with Crippen molar-refractivity contribution in [2.24, 2.45) is 0 Å². The smallest absolute Gasteiger partial charge is 0.272 e. The molecule has 0 saturated carbocycles. The first-order chi connectivity index (χ1) is 9.62. The summed E-state index contributed by atoms with van der Waals surface area (Å²) in [7, 11) is 1.52. The van der Waals surface area contributed by atoms with E-state index in [0.29, 0.717) is 19.6 Å². The number of amides is 1. The van der Waals surface area contributed by atoms with Crippen LogP contribution in [0.3, 0.4) is 0 Å². The second kappa shape index (κ2) is 8.44. The minimum absolute atomic E-state index is 0.0446. The maximum Gasteiger partial charge on any atom is 0.272 e. The monoisotopic (exact) mass is 283 g/mol. The maximum absolute atomic E-state index is 12.0. The molecule has 0 fully saturated rings. The summed E-state index contributed by atoms with van der Waals surface area (Å²) in [6.07, 6.45) is 1.16. The minimum Gasteiger partial charge on any atom is -0.396 e. The Morgan fingerprint density at radius 2 is 2.30 bits per heavy atom. The van der Waals surface area contributed by atoms with Crippen molar-refractivity contribution in [3.8, 4) is 0 Å². The Bertz CT molecular complexity index is 481. The van der Waals surface area contributed by atoms with Crippen molar-refractivity contribution in [3.63, 3.8) is 0 Å². The lowest BCUT2D eigenvalue weighted by atomic mass is 10.2. The quantitative estimate of drug-likeness (QED) is 0.688. The van der Waals surface area contributed by atoms with E-state index >= 15 is 0 Å². The summed E-state index contributed by atoms with van der Waals surface area (Å²) in [6, 6.07) is 2.44. The SMILES string of the molecule is CCCn1nc(C(=O)NC(CCO)COC)ccc1=O. The van der Waals surface area contributed by atoms with Crippen molar-refractivity contribution in [2.45, 2.75) is 32.4 Å². The summed E-state index contributed by atoms with van der Waals surface area (Å²) in [6.45, 7) is 2.66. The summed E-state index contributed by atoms with van der Waals surface area (Å²) in [4.78, 5) is 23.6. The molecule has 0 aromatic carbocycles. The van der Waals surface area contributed by atoms with Crippen LogP contribution in [0.15, 0.2) is 16.9 Å². The van der Waals surface area contributed by atoms with E-state index in [-0.39, 0.29) is 29.8 Å². The molecule has 1 unspecified atom stereocenters. The molecular weight excluding hydrogens is 262 g/mol. The Kier molecular flexibility index (Phi) is 6.89. The van der Waals surface area contributed by atoms with Gasteiger partial charge in [-0.15, -0.1) is 0 Å². The third-order valence-electron chi connectivity index (χ3n) is 2.72. The van der Waals surface area contributed by atoms with E-state index in [1.165, 1.54) is 23.9 Å². The Morgan fingerprint density at radius 3 is 2.90 bits per heavy atom. The summed E-state index contributed by atoms with van der Waals surface area (Å²) in [5.41, 5.74) is -0.0516. The second-order valence-corrected chi connectivity index (χ2v) is 4.42. The number of hydrogen-bond donors (Lipinski definition) is 2. The molecule has 7 nitrogen and oxygen atoms in total. The first-order valence-corrected chi connectivity index (χ1v) is 6.61. The zero-order valence-corrected chi connectivity index (χ0v) is 11.8. The standard InChI is InChI=1S/C13H21N3O4/c1-3-7-16-12(18)5-4-11(15-16)13(19)14-10(6-8-17)9-20-2/h4-5,10,17H,3,6-9H2,1-2H3,(H,14,19). The van der Waals surface area contributed by atoms with Gasteiger partial charge in [0.05, 0.1) is 12.6 Å². The van der Waals surface area contributed by atoms with E-state index in [1.54, 1.807) is 0 Å². The van der Waals surface area contributed by atoms with Crippen molar-refractivity contribution in [3.05, 3.63) is 28.2 Å². The summed E-state index contributed by atoms with van der Waals surface area (Å²) < 4.78 is 6.24. The molecule has 112 valence electrons. The molecule has 0 spiro atoms. The molecule has 0 aliphatic carbocycles. The van der Waals surface area contributed by atoms with Gasteiger partial charge in [-0.3, -0.25) is 9.59 Å². The van der Waals surface area contributed by atoms with Crippen LogP contribution in [0.4, 0.5) is 0 Å². The first kappa shape index (κ1) is 16.3. The van der Waals surface area contributed by atoms with E-state index in [9.17, 15) is 9.59 Å². The van der Waals surface area contributed by atoms with E-state index in [0.717, 1.165) is 6.42 Å². The van der Waals surface area contributed by atoms with Crippen molar-refractivity contribution >= 4 is 5.91 Å². The fourth-order valence-corrected chi connectivity index (χ4v) is 1.76. The molecule has 7 heteroatoms. The Balaban J connectivity index is 2.80. The van der Waals surface area contributed by atoms with Gasteiger partial charge < -0.3 is 15.2 Å². The molecule has 0 saturated heterocycles. The molecular formula is C13H21N3O4. The van der Waals surface area contributed by atoms with Gasteiger partial charge in [-0.2, -0.15) is 5.10 Å². The average molecular weight is 283 g/mol. The van der Waals surface area contributed by atoms with Gasteiger partial charge in [-0.25, -0.2) is 4.68 Å². The van der Waals surface area contributed by atoms with E-state index in [2.05, 4.69) is 10.4 Å². The molecule has 20 heavy (non-hydrogen) atoms. The highest BCUT2D eigenvalue weighted by molar-refractivity contribution is 5.92. The van der Waals surface area contributed by atoms with Gasteiger partial charge in [-0.05, 0) is 18.9 Å². The van der Waals surface area contributed by atoms with Crippen molar-refractivity contribution in [2.75, 3.05) is 20.3 Å². The van der Waals surface area contributed by atoms with E-state index in [4.69, 9.17) is 9.84 Å². The van der Waals surface area contributed by atoms with Crippen molar-refractivity contribution < 1.29 is 14.6 Å². The number of hydrogen-bond acceptors (Lipinski definition) is 5. The number of aliphatic hydroxyl groups is 1. The predicted octanol–water partition coefficient (Wildman–Crippen LogP) is -0.219.